The van der Waals surface area contributed by atoms with Crippen LogP contribution in [0.15, 0.2) is 44.7 Å². The number of H-pyrrole nitrogens is 2. The van der Waals surface area contributed by atoms with Gasteiger partial charge in [0, 0.05) is 30.1 Å². The van der Waals surface area contributed by atoms with Crippen molar-refractivity contribution in [3.05, 3.63) is 67.1 Å². The van der Waals surface area contributed by atoms with Crippen LogP contribution in [0.1, 0.15) is 43.5 Å². The van der Waals surface area contributed by atoms with Gasteiger partial charge in [-0.3, -0.25) is 23.9 Å². The van der Waals surface area contributed by atoms with E-state index >= 15 is 0 Å². The molecule has 3 rings (SSSR count). The van der Waals surface area contributed by atoms with Gasteiger partial charge >= 0.3 is 11.7 Å². The smallest absolute Gasteiger partial charge is 0.339 e. The van der Waals surface area contributed by atoms with Crippen LogP contribution in [0.5, 0.6) is 0 Å². The number of esters is 1. The third-order valence-corrected chi connectivity index (χ3v) is 5.26. The number of amides is 1. The second-order valence-electron chi connectivity index (χ2n) is 7.71. The Bertz CT molecular complexity index is 1390. The number of unbranched alkanes of at least 4 members (excludes halogenated alkanes) is 1. The van der Waals surface area contributed by atoms with E-state index in [1.54, 1.807) is 24.3 Å². The van der Waals surface area contributed by atoms with Crippen molar-refractivity contribution in [2.45, 2.75) is 39.7 Å². The highest BCUT2D eigenvalue weighted by atomic mass is 16.5. The van der Waals surface area contributed by atoms with Crippen LogP contribution >= 0.6 is 0 Å². The van der Waals surface area contributed by atoms with Crippen LogP contribution in [0, 0.1) is 0 Å². The first-order chi connectivity index (χ1) is 16.3. The number of nitrogen functional groups attached to an aromatic ring is 1. The number of carbonyl (C=O) groups excluding carboxylic acids is 2. The molecule has 0 fully saturated rings. The summed E-state index contributed by atoms with van der Waals surface area (Å²) in [6, 6.07) is 7.81. The molecule has 2 aromatic heterocycles. The van der Waals surface area contributed by atoms with Gasteiger partial charge in [0.2, 0.25) is 5.56 Å². The highest BCUT2D eigenvalue weighted by Crippen LogP contribution is 2.19. The van der Waals surface area contributed by atoms with Gasteiger partial charge in [-0.1, -0.05) is 38.5 Å². The minimum Gasteiger partial charge on any atom is -0.452 e. The second kappa shape index (κ2) is 10.6. The molecule has 0 atom stereocenters. The van der Waals surface area contributed by atoms with Crippen molar-refractivity contribution in [2.75, 3.05) is 23.8 Å². The molecule has 34 heavy (non-hydrogen) atoms. The lowest BCUT2D eigenvalue weighted by molar-refractivity contribution is -0.121. The number of benzene rings is 1. The van der Waals surface area contributed by atoms with Crippen LogP contribution in [0.3, 0.4) is 0 Å². The zero-order valence-corrected chi connectivity index (χ0v) is 19.1. The van der Waals surface area contributed by atoms with Gasteiger partial charge in [-0.2, -0.15) is 0 Å². The van der Waals surface area contributed by atoms with E-state index in [2.05, 4.69) is 9.97 Å². The van der Waals surface area contributed by atoms with E-state index in [4.69, 9.17) is 10.5 Å². The summed E-state index contributed by atoms with van der Waals surface area (Å²) in [4.78, 5) is 68.4. The number of nitrogens with two attached hydrogens (primary N) is 1. The number of aromatic amines is 2. The van der Waals surface area contributed by atoms with Gasteiger partial charge in [-0.05, 0) is 18.9 Å². The topological polar surface area (TPSA) is 160 Å². The van der Waals surface area contributed by atoms with Crippen molar-refractivity contribution in [3.63, 3.8) is 0 Å². The lowest BCUT2D eigenvalue weighted by atomic mass is 10.1. The Morgan fingerprint density at radius 3 is 2.53 bits per heavy atom. The molecule has 0 radical (unpaired) electrons. The fourth-order valence-electron chi connectivity index (χ4n) is 3.62. The van der Waals surface area contributed by atoms with Crippen LogP contribution in [-0.2, 0) is 16.1 Å². The number of carbonyl (C=O) groups is 2. The molecule has 11 nitrogen and oxygen atoms in total. The van der Waals surface area contributed by atoms with E-state index in [1.807, 2.05) is 13.8 Å². The third-order valence-electron chi connectivity index (χ3n) is 5.26. The van der Waals surface area contributed by atoms with E-state index < -0.39 is 35.3 Å². The summed E-state index contributed by atoms with van der Waals surface area (Å²) in [5.41, 5.74) is 4.47. The molecular weight excluding hydrogens is 442 g/mol. The molecule has 0 unspecified atom stereocenters. The molecule has 4 N–H and O–H groups in total. The highest BCUT2D eigenvalue weighted by Gasteiger charge is 2.25. The van der Waals surface area contributed by atoms with Crippen molar-refractivity contribution in [1.82, 2.24) is 14.5 Å². The maximum absolute atomic E-state index is 13.1. The normalized spacial score (nSPS) is 10.9. The summed E-state index contributed by atoms with van der Waals surface area (Å²) in [6.45, 7) is 3.46. The Labute approximate surface area is 194 Å². The van der Waals surface area contributed by atoms with Crippen LogP contribution in [0.2, 0.25) is 0 Å². The number of rotatable bonds is 9. The number of hydrogen-bond acceptors (Lipinski definition) is 7. The van der Waals surface area contributed by atoms with Crippen molar-refractivity contribution in [2.24, 2.45) is 0 Å². The van der Waals surface area contributed by atoms with Gasteiger partial charge in [-0.25, -0.2) is 9.59 Å². The number of ether oxygens (including phenoxy) is 1. The Morgan fingerprint density at radius 1 is 1.09 bits per heavy atom. The number of nitrogens with zero attached hydrogens (tertiary/aromatic N) is 2. The molecule has 0 saturated carbocycles. The predicted octanol–water partition coefficient (Wildman–Crippen LogP) is 1.36. The summed E-state index contributed by atoms with van der Waals surface area (Å²) in [5.74, 6) is -1.68. The molecule has 3 aromatic rings. The molecule has 1 amide bonds. The Balaban J connectivity index is 1.90. The van der Waals surface area contributed by atoms with Gasteiger partial charge in [0.25, 0.3) is 11.5 Å². The van der Waals surface area contributed by atoms with Gasteiger partial charge in [0.05, 0.1) is 5.56 Å². The maximum Gasteiger partial charge on any atom is 0.339 e. The first kappa shape index (κ1) is 24.5. The number of aromatic nitrogens is 3. The summed E-state index contributed by atoms with van der Waals surface area (Å²) in [7, 11) is 0. The molecule has 0 aliphatic rings. The van der Waals surface area contributed by atoms with Gasteiger partial charge in [-0.15, -0.1) is 0 Å². The molecule has 11 heteroatoms. The van der Waals surface area contributed by atoms with Gasteiger partial charge in [0.15, 0.2) is 12.3 Å². The maximum atomic E-state index is 13.1. The second-order valence-corrected chi connectivity index (χ2v) is 7.71. The van der Waals surface area contributed by atoms with Crippen molar-refractivity contribution in [3.8, 4) is 0 Å². The molecule has 0 bridgehead atoms. The Hall–Kier alpha value is -4.15. The minimum absolute atomic E-state index is 0.0149. The summed E-state index contributed by atoms with van der Waals surface area (Å²) >= 11 is 0. The fourth-order valence-corrected chi connectivity index (χ4v) is 3.62. The monoisotopic (exact) mass is 469 g/mol. The summed E-state index contributed by atoms with van der Waals surface area (Å²) in [5, 5.41) is 0.467. The summed E-state index contributed by atoms with van der Waals surface area (Å²) in [6.07, 6.45) is 1.85. The number of fused-ring (bicyclic) bond motifs is 1. The van der Waals surface area contributed by atoms with Crippen LogP contribution in [0.4, 0.5) is 11.5 Å². The molecule has 0 aliphatic carbocycles. The fraction of sp³-hybridized carbons (Fsp3) is 0.348. The number of para-hydroxylation sites is 1. The Kier molecular flexibility index (Phi) is 7.67. The third kappa shape index (κ3) is 5.08. The lowest BCUT2D eigenvalue weighted by Gasteiger charge is -2.24. The quantitative estimate of drug-likeness (QED) is 0.399. The standard InChI is InChI=1S/C23H27N5O6/c1-3-5-11-27(19-20(24)28(10-4-2)23(33)26-21(19)31)18(30)13-34-22(32)15-12-17(29)25-16-9-7-6-8-14(15)16/h6-9,12H,3-5,10-11,13,24H2,1-2H3,(H,25,29)(H,26,31,33). The highest BCUT2D eigenvalue weighted by molar-refractivity contribution is 6.04. The van der Waals surface area contributed by atoms with Gasteiger partial charge < -0.3 is 20.4 Å². The number of nitrogens with one attached hydrogen (secondary N) is 2. The van der Waals surface area contributed by atoms with E-state index in [9.17, 15) is 24.0 Å². The molecule has 2 heterocycles. The molecule has 0 spiro atoms. The van der Waals surface area contributed by atoms with Crippen LogP contribution in [0.25, 0.3) is 10.9 Å². The molecule has 1 aromatic carbocycles. The van der Waals surface area contributed by atoms with E-state index in [1.165, 1.54) is 4.57 Å². The zero-order valence-electron chi connectivity index (χ0n) is 19.1. The first-order valence-corrected chi connectivity index (χ1v) is 11.0. The Morgan fingerprint density at radius 2 is 1.82 bits per heavy atom. The zero-order chi connectivity index (χ0) is 24.8. The molecule has 0 saturated heterocycles. The van der Waals surface area contributed by atoms with Crippen LogP contribution in [-0.4, -0.2) is 39.6 Å². The molecule has 180 valence electrons. The van der Waals surface area contributed by atoms with E-state index in [0.29, 0.717) is 23.7 Å². The van der Waals surface area contributed by atoms with E-state index in [-0.39, 0.29) is 30.2 Å². The number of anilines is 2. The van der Waals surface area contributed by atoms with Crippen molar-refractivity contribution >= 4 is 34.3 Å². The number of pyridine rings is 1. The lowest BCUT2D eigenvalue weighted by Crippen LogP contribution is -2.43. The first-order valence-electron chi connectivity index (χ1n) is 11.0. The average molecular weight is 469 g/mol. The largest absolute Gasteiger partial charge is 0.452 e. The van der Waals surface area contributed by atoms with Crippen LogP contribution < -0.4 is 27.4 Å². The predicted molar refractivity (Wildman–Crippen MR) is 128 cm³/mol. The SMILES string of the molecule is CCCCN(C(=O)COC(=O)c1cc(=O)[nH]c2ccccc12)c1c(N)n(CCC)c(=O)[nH]c1=O. The van der Waals surface area contributed by atoms with Gasteiger partial charge in [0.1, 0.15) is 5.82 Å². The number of hydrogen-bond donors (Lipinski definition) is 3. The van der Waals surface area contributed by atoms with E-state index in [0.717, 1.165) is 17.4 Å². The van der Waals surface area contributed by atoms with Crippen molar-refractivity contribution in [1.29, 1.82) is 0 Å². The minimum atomic E-state index is -0.857. The molecular formula is C23H27N5O6. The van der Waals surface area contributed by atoms with Crippen molar-refractivity contribution < 1.29 is 14.3 Å². The average Bonchev–Trinajstić information content (AvgIpc) is 2.81. The molecule has 0 aliphatic heterocycles. The summed E-state index contributed by atoms with van der Waals surface area (Å²) < 4.78 is 6.40.